The molecule has 4 heteroatoms. The molecule has 2 heterocycles. The summed E-state index contributed by atoms with van der Waals surface area (Å²) in [6.07, 6.45) is 8.67. The molecule has 0 radical (unpaired) electrons. The van der Waals surface area contributed by atoms with Crippen LogP contribution in [0.1, 0.15) is 50.5 Å². The summed E-state index contributed by atoms with van der Waals surface area (Å²) < 4.78 is 5.98. The molecule has 26 heavy (non-hydrogen) atoms. The number of benzene rings is 1. The summed E-state index contributed by atoms with van der Waals surface area (Å²) in [5, 5.41) is 9.14. The van der Waals surface area contributed by atoms with Gasteiger partial charge in [0.15, 0.2) is 0 Å². The van der Waals surface area contributed by atoms with Crippen LogP contribution in [0.25, 0.3) is 0 Å². The van der Waals surface area contributed by atoms with E-state index in [-0.39, 0.29) is 5.92 Å². The second kappa shape index (κ2) is 10.5. The van der Waals surface area contributed by atoms with Gasteiger partial charge in [-0.15, -0.1) is 0 Å². The van der Waals surface area contributed by atoms with Crippen molar-refractivity contribution in [2.75, 3.05) is 39.3 Å². The molecule has 0 saturated carbocycles. The van der Waals surface area contributed by atoms with Crippen LogP contribution in [-0.4, -0.2) is 49.1 Å². The molecule has 0 aromatic heterocycles. The van der Waals surface area contributed by atoms with Crippen LogP contribution in [0.4, 0.5) is 0 Å². The van der Waals surface area contributed by atoms with E-state index in [1.165, 1.54) is 50.9 Å². The summed E-state index contributed by atoms with van der Waals surface area (Å²) in [5.41, 5.74) is 1.29. The summed E-state index contributed by atoms with van der Waals surface area (Å²) >= 11 is 0. The van der Waals surface area contributed by atoms with Gasteiger partial charge in [0.25, 0.3) is 0 Å². The topological polar surface area (TPSA) is 39.5 Å². The zero-order valence-corrected chi connectivity index (χ0v) is 16.0. The Morgan fingerprint density at radius 2 is 1.88 bits per heavy atom. The average Bonchev–Trinajstić information content (AvgIpc) is 2.69. The average molecular weight is 356 g/mol. The fourth-order valence-corrected chi connectivity index (χ4v) is 4.11. The molecule has 2 fully saturated rings. The number of unbranched alkanes of at least 4 members (excludes halogenated alkanes) is 1. The Hall–Kier alpha value is -1.57. The Labute approximate surface area is 158 Å². The fraction of sp³-hybridized carbons (Fsp3) is 0.682. The smallest absolute Gasteiger partial charge is 0.119 e. The lowest BCUT2D eigenvalue weighted by Crippen LogP contribution is -2.34. The Morgan fingerprint density at radius 1 is 1.04 bits per heavy atom. The molecule has 4 nitrogen and oxygen atoms in total. The molecule has 0 N–H and O–H groups in total. The highest BCUT2D eigenvalue weighted by atomic mass is 16.5. The molecule has 0 unspecified atom stereocenters. The molecular weight excluding hydrogens is 322 g/mol. The van der Waals surface area contributed by atoms with Gasteiger partial charge < -0.3 is 9.64 Å². The summed E-state index contributed by atoms with van der Waals surface area (Å²) in [7, 11) is 0. The van der Waals surface area contributed by atoms with E-state index in [1.807, 2.05) is 0 Å². The molecule has 3 rings (SSSR count). The molecule has 1 aromatic carbocycles. The molecule has 2 saturated heterocycles. The predicted molar refractivity (Wildman–Crippen MR) is 105 cm³/mol. The Kier molecular flexibility index (Phi) is 7.79. The summed E-state index contributed by atoms with van der Waals surface area (Å²) in [5.74, 6) is 1.18. The number of ether oxygens (including phenoxy) is 1. The third-order valence-electron chi connectivity index (χ3n) is 5.58. The van der Waals surface area contributed by atoms with E-state index in [1.54, 1.807) is 0 Å². The second-order valence-electron chi connectivity index (χ2n) is 7.81. The minimum absolute atomic E-state index is 0.197. The number of nitriles is 1. The molecule has 0 bridgehead atoms. The lowest BCUT2D eigenvalue weighted by Gasteiger charge is -2.29. The maximum absolute atomic E-state index is 9.14. The van der Waals surface area contributed by atoms with Crippen molar-refractivity contribution in [3.05, 3.63) is 29.8 Å². The van der Waals surface area contributed by atoms with Crippen LogP contribution in [-0.2, 0) is 6.54 Å². The van der Waals surface area contributed by atoms with E-state index < -0.39 is 0 Å². The normalized spacial score (nSPS) is 22.0. The molecule has 142 valence electrons. The molecule has 1 aromatic rings. The van der Waals surface area contributed by atoms with E-state index in [9.17, 15) is 0 Å². The van der Waals surface area contributed by atoms with Crippen molar-refractivity contribution < 1.29 is 4.74 Å². The first-order chi connectivity index (χ1) is 12.8. The number of hydrogen-bond acceptors (Lipinski definition) is 4. The minimum Gasteiger partial charge on any atom is -0.494 e. The van der Waals surface area contributed by atoms with Crippen LogP contribution in [0.5, 0.6) is 5.75 Å². The van der Waals surface area contributed by atoms with Gasteiger partial charge in [0.05, 0.1) is 18.6 Å². The predicted octanol–water partition coefficient (Wildman–Crippen LogP) is 4.07. The number of nitrogens with zero attached hydrogens (tertiary/aromatic N) is 3. The first-order valence-corrected chi connectivity index (χ1v) is 10.4. The van der Waals surface area contributed by atoms with Gasteiger partial charge in [0.1, 0.15) is 5.75 Å². The van der Waals surface area contributed by atoms with Gasteiger partial charge in [-0.05, 0) is 82.4 Å². The van der Waals surface area contributed by atoms with Gasteiger partial charge >= 0.3 is 0 Å². The van der Waals surface area contributed by atoms with Crippen LogP contribution in [0.15, 0.2) is 24.3 Å². The molecule has 2 aliphatic heterocycles. The maximum atomic E-state index is 9.14. The Balaban J connectivity index is 1.36. The minimum atomic E-state index is 0.197. The fourth-order valence-electron chi connectivity index (χ4n) is 4.11. The molecular formula is C22H33N3O. The van der Waals surface area contributed by atoms with Gasteiger partial charge in [0.2, 0.25) is 0 Å². The number of piperidine rings is 2. The maximum Gasteiger partial charge on any atom is 0.119 e. The van der Waals surface area contributed by atoms with Crippen molar-refractivity contribution in [3.8, 4) is 11.8 Å². The first-order valence-electron chi connectivity index (χ1n) is 10.4. The lowest BCUT2D eigenvalue weighted by atomic mass is 9.99. The molecule has 2 aliphatic rings. The van der Waals surface area contributed by atoms with Crippen LogP contribution >= 0.6 is 0 Å². The first kappa shape index (κ1) is 19.2. The van der Waals surface area contributed by atoms with Gasteiger partial charge in [0, 0.05) is 13.1 Å². The highest BCUT2D eigenvalue weighted by molar-refractivity contribution is 5.28. The van der Waals surface area contributed by atoms with Crippen molar-refractivity contribution in [2.24, 2.45) is 5.92 Å². The summed E-state index contributed by atoms with van der Waals surface area (Å²) in [6.45, 7) is 7.51. The van der Waals surface area contributed by atoms with Crippen molar-refractivity contribution in [2.45, 2.75) is 51.5 Å². The lowest BCUT2D eigenvalue weighted by molar-refractivity contribution is 0.192. The van der Waals surface area contributed by atoms with Gasteiger partial charge in [-0.1, -0.05) is 18.6 Å². The van der Waals surface area contributed by atoms with E-state index in [0.29, 0.717) is 0 Å². The zero-order valence-electron chi connectivity index (χ0n) is 16.0. The van der Waals surface area contributed by atoms with Crippen LogP contribution < -0.4 is 4.74 Å². The van der Waals surface area contributed by atoms with E-state index >= 15 is 0 Å². The highest BCUT2D eigenvalue weighted by Crippen LogP contribution is 2.20. The molecule has 1 atom stereocenters. The third-order valence-corrected chi connectivity index (χ3v) is 5.58. The van der Waals surface area contributed by atoms with Crippen LogP contribution in [0.2, 0.25) is 0 Å². The highest BCUT2D eigenvalue weighted by Gasteiger charge is 2.19. The zero-order chi connectivity index (χ0) is 18.0. The van der Waals surface area contributed by atoms with Crippen LogP contribution in [0.3, 0.4) is 0 Å². The monoisotopic (exact) mass is 355 g/mol. The van der Waals surface area contributed by atoms with E-state index in [0.717, 1.165) is 51.3 Å². The van der Waals surface area contributed by atoms with E-state index in [2.05, 4.69) is 40.1 Å². The number of rotatable bonds is 8. The van der Waals surface area contributed by atoms with Gasteiger partial charge in [-0.25, -0.2) is 0 Å². The van der Waals surface area contributed by atoms with Crippen molar-refractivity contribution >= 4 is 0 Å². The summed E-state index contributed by atoms with van der Waals surface area (Å²) in [4.78, 5) is 4.99. The second-order valence-corrected chi connectivity index (χ2v) is 7.81. The Morgan fingerprint density at radius 3 is 2.73 bits per heavy atom. The van der Waals surface area contributed by atoms with Gasteiger partial charge in [-0.3, -0.25) is 4.90 Å². The largest absolute Gasteiger partial charge is 0.494 e. The molecule has 0 amide bonds. The third kappa shape index (κ3) is 6.30. The number of likely N-dealkylation sites (tertiary alicyclic amines) is 2. The number of hydrogen-bond donors (Lipinski definition) is 0. The Bertz CT molecular complexity index is 577. The van der Waals surface area contributed by atoms with Crippen molar-refractivity contribution in [1.82, 2.24) is 9.80 Å². The van der Waals surface area contributed by atoms with Gasteiger partial charge in [-0.2, -0.15) is 5.26 Å². The molecule has 0 aliphatic carbocycles. The summed E-state index contributed by atoms with van der Waals surface area (Å²) in [6, 6.07) is 10.9. The quantitative estimate of drug-likeness (QED) is 0.659. The van der Waals surface area contributed by atoms with Crippen molar-refractivity contribution in [1.29, 1.82) is 5.26 Å². The van der Waals surface area contributed by atoms with E-state index in [4.69, 9.17) is 10.00 Å². The standard InChI is InChI=1S/C22H33N3O/c23-17-21-9-7-14-25(19-21)18-20-8-6-10-22(16-20)26-15-5-4-13-24-11-2-1-3-12-24/h6,8,10,16,21H,1-5,7,9,11-15,18-19H2/t21-/m0/s1. The van der Waals surface area contributed by atoms with Crippen LogP contribution in [0, 0.1) is 17.2 Å². The SMILES string of the molecule is N#C[C@@H]1CCCN(Cc2cccc(OCCCCN3CCCCC3)c2)C1. The van der Waals surface area contributed by atoms with Crippen molar-refractivity contribution in [3.63, 3.8) is 0 Å². The molecule has 0 spiro atoms.